The summed E-state index contributed by atoms with van der Waals surface area (Å²) >= 11 is 0. The van der Waals surface area contributed by atoms with Crippen molar-refractivity contribution in [1.82, 2.24) is 15.3 Å². The van der Waals surface area contributed by atoms with Gasteiger partial charge in [-0.05, 0) is 46.5 Å². The first-order valence-corrected chi connectivity index (χ1v) is 10.1. The third kappa shape index (κ3) is 4.88. The van der Waals surface area contributed by atoms with Gasteiger partial charge in [-0.1, -0.05) is 0 Å². The van der Waals surface area contributed by atoms with E-state index in [2.05, 4.69) is 20.2 Å². The number of aliphatic hydroxyl groups excluding tert-OH is 2. The van der Waals surface area contributed by atoms with Crippen LogP contribution < -0.4 is 15.7 Å². The highest BCUT2D eigenvalue weighted by atomic mass is 16.7. The predicted octanol–water partition coefficient (Wildman–Crippen LogP) is -0.538. The van der Waals surface area contributed by atoms with Gasteiger partial charge in [-0.25, -0.2) is 9.97 Å². The van der Waals surface area contributed by atoms with Crippen LogP contribution >= 0.6 is 0 Å². The third-order valence-electron chi connectivity index (χ3n) is 6.12. The van der Waals surface area contributed by atoms with Crippen LogP contribution in [-0.2, 0) is 14.1 Å². The van der Waals surface area contributed by atoms with Crippen molar-refractivity contribution in [1.29, 1.82) is 0 Å². The predicted molar refractivity (Wildman–Crippen MR) is 109 cm³/mol. The maximum Gasteiger partial charge on any atom is 0.498 e. The maximum absolute atomic E-state index is 11.6. The molecule has 2 saturated heterocycles. The number of anilines is 1. The molecule has 3 N–H and O–H groups in total. The lowest BCUT2D eigenvalue weighted by atomic mass is 9.81. The van der Waals surface area contributed by atoms with E-state index in [9.17, 15) is 9.90 Å². The number of aromatic nitrogens is 2. The normalized spacial score (nSPS) is 22.6. The Labute approximate surface area is 172 Å². The fourth-order valence-corrected chi connectivity index (χ4v) is 3.38. The molecule has 0 aromatic carbocycles. The van der Waals surface area contributed by atoms with E-state index in [-0.39, 0.29) is 0 Å². The van der Waals surface area contributed by atoms with Gasteiger partial charge in [0.2, 0.25) is 5.95 Å². The lowest BCUT2D eigenvalue weighted by molar-refractivity contribution is -0.131. The van der Waals surface area contributed by atoms with Crippen LogP contribution in [0.25, 0.3) is 0 Å². The highest BCUT2D eigenvalue weighted by molar-refractivity contribution is 6.61. The first-order chi connectivity index (χ1) is 13.6. The van der Waals surface area contributed by atoms with Gasteiger partial charge < -0.3 is 29.7 Å². The largest absolute Gasteiger partial charge is 0.498 e. The number of rotatable bonds is 6. The highest BCUT2D eigenvalue weighted by Gasteiger charge is 2.52. The smallest absolute Gasteiger partial charge is 0.399 e. The van der Waals surface area contributed by atoms with E-state index in [0.717, 1.165) is 31.4 Å². The summed E-state index contributed by atoms with van der Waals surface area (Å²) in [6, 6.07) is 0. The van der Waals surface area contributed by atoms with Gasteiger partial charge >= 0.3 is 7.12 Å². The number of nitrogens with one attached hydrogen (secondary N) is 1. The van der Waals surface area contributed by atoms with Gasteiger partial charge in [-0.2, -0.15) is 0 Å². The van der Waals surface area contributed by atoms with Crippen molar-refractivity contribution in [3.63, 3.8) is 0 Å². The minimum absolute atomic E-state index is 0.324. The average molecular weight is 406 g/mol. The molecule has 2 aliphatic heterocycles. The van der Waals surface area contributed by atoms with Crippen molar-refractivity contribution in [3.8, 4) is 0 Å². The molecule has 2 fully saturated rings. The third-order valence-corrected chi connectivity index (χ3v) is 6.12. The number of carbonyl (C=O) groups is 1. The van der Waals surface area contributed by atoms with E-state index >= 15 is 0 Å². The Kier molecular flexibility index (Phi) is 6.47. The molecule has 1 unspecified atom stereocenters. The molecule has 0 saturated carbocycles. The molecule has 3 rings (SSSR count). The van der Waals surface area contributed by atoms with Crippen LogP contribution in [0.3, 0.4) is 0 Å². The van der Waals surface area contributed by atoms with Crippen molar-refractivity contribution >= 4 is 24.4 Å². The monoisotopic (exact) mass is 406 g/mol. The second kappa shape index (κ2) is 8.55. The molecule has 3 heterocycles. The van der Waals surface area contributed by atoms with Gasteiger partial charge in [-0.3, -0.25) is 4.79 Å². The number of carbonyl (C=O) groups excluding carboxylic acids is 1. The first kappa shape index (κ1) is 22.0. The Balaban J connectivity index is 1.50. The number of aliphatic hydroxyl groups is 2. The second-order valence-corrected chi connectivity index (χ2v) is 8.78. The van der Waals surface area contributed by atoms with Crippen LogP contribution in [0.15, 0.2) is 12.4 Å². The fourth-order valence-electron chi connectivity index (χ4n) is 3.38. The van der Waals surface area contributed by atoms with Gasteiger partial charge in [-0.15, -0.1) is 0 Å². The van der Waals surface area contributed by atoms with Gasteiger partial charge in [0.05, 0.1) is 17.8 Å². The van der Waals surface area contributed by atoms with Crippen LogP contribution in [0, 0.1) is 5.92 Å². The molecule has 1 aromatic rings. The standard InChI is InChI=1S/C19H31BN4O5/c1-18(2)19(3,4)29-20(28-18)14-10-22-17(23-11-14)24-7-5-13(6-8-24)9-21-16(27)15(26)12-25/h10-11,13,15,25-26H,5-9,12H2,1-4H3,(H,21,27). The summed E-state index contributed by atoms with van der Waals surface area (Å²) in [5, 5.41) is 20.8. The Morgan fingerprint density at radius 3 is 2.31 bits per heavy atom. The first-order valence-electron chi connectivity index (χ1n) is 10.1. The summed E-state index contributed by atoms with van der Waals surface area (Å²) in [7, 11) is -0.474. The fraction of sp³-hybridized carbons (Fsp3) is 0.737. The van der Waals surface area contributed by atoms with Crippen molar-refractivity contribution in [2.45, 2.75) is 57.8 Å². The lowest BCUT2D eigenvalue weighted by Gasteiger charge is -2.32. The summed E-state index contributed by atoms with van der Waals surface area (Å²) in [5.74, 6) is 0.463. The molecular weight excluding hydrogens is 375 g/mol. The zero-order chi connectivity index (χ0) is 21.2. The Hall–Kier alpha value is -1.75. The Morgan fingerprint density at radius 2 is 1.79 bits per heavy atom. The van der Waals surface area contributed by atoms with Crippen molar-refractivity contribution in [3.05, 3.63) is 12.4 Å². The van der Waals surface area contributed by atoms with Crippen LogP contribution in [0.1, 0.15) is 40.5 Å². The van der Waals surface area contributed by atoms with Crippen LogP contribution in [0.4, 0.5) is 5.95 Å². The number of hydrogen-bond donors (Lipinski definition) is 3. The summed E-state index contributed by atoms with van der Waals surface area (Å²) in [6.07, 6.45) is 3.93. The molecule has 2 aliphatic rings. The molecule has 0 bridgehead atoms. The number of hydrogen-bond acceptors (Lipinski definition) is 8. The zero-order valence-corrected chi connectivity index (χ0v) is 17.6. The minimum Gasteiger partial charge on any atom is -0.399 e. The van der Waals surface area contributed by atoms with E-state index in [1.807, 2.05) is 27.7 Å². The van der Waals surface area contributed by atoms with Gasteiger partial charge in [0.15, 0.2) is 6.10 Å². The molecule has 29 heavy (non-hydrogen) atoms. The van der Waals surface area contributed by atoms with E-state index in [4.69, 9.17) is 14.4 Å². The van der Waals surface area contributed by atoms with Gasteiger partial charge in [0, 0.05) is 37.5 Å². The molecule has 1 atom stereocenters. The lowest BCUT2D eigenvalue weighted by Crippen LogP contribution is -2.43. The topological polar surface area (TPSA) is 117 Å². The molecule has 10 heteroatoms. The summed E-state index contributed by atoms with van der Waals surface area (Å²) in [4.78, 5) is 22.7. The molecule has 160 valence electrons. The Bertz CT molecular complexity index is 691. The van der Waals surface area contributed by atoms with Gasteiger partial charge in [0.25, 0.3) is 5.91 Å². The highest BCUT2D eigenvalue weighted by Crippen LogP contribution is 2.36. The van der Waals surface area contributed by atoms with Crippen molar-refractivity contribution < 1.29 is 24.3 Å². The maximum atomic E-state index is 11.6. The summed E-state index contributed by atoms with van der Waals surface area (Å²) in [5.41, 5.74) is -0.00530. The van der Waals surface area contributed by atoms with Crippen molar-refractivity contribution in [2.75, 3.05) is 31.1 Å². The molecule has 0 spiro atoms. The Morgan fingerprint density at radius 1 is 1.24 bits per heavy atom. The van der Waals surface area contributed by atoms with E-state index in [1.54, 1.807) is 12.4 Å². The van der Waals surface area contributed by atoms with E-state index < -0.39 is 36.9 Å². The van der Waals surface area contributed by atoms with Crippen LogP contribution in [0.2, 0.25) is 0 Å². The van der Waals surface area contributed by atoms with Gasteiger partial charge in [0.1, 0.15) is 0 Å². The molecule has 1 amide bonds. The zero-order valence-electron chi connectivity index (χ0n) is 17.6. The van der Waals surface area contributed by atoms with Crippen molar-refractivity contribution in [2.24, 2.45) is 5.92 Å². The number of nitrogens with zero attached hydrogens (tertiary/aromatic N) is 3. The molecular formula is C19H31BN4O5. The van der Waals surface area contributed by atoms with E-state index in [1.165, 1.54) is 0 Å². The minimum atomic E-state index is -1.36. The SMILES string of the molecule is CC1(C)OB(c2cnc(N3CCC(CNC(=O)C(O)CO)CC3)nc2)OC1(C)C. The molecule has 0 aliphatic carbocycles. The number of piperidine rings is 1. The quantitative estimate of drug-likeness (QED) is 0.540. The van der Waals surface area contributed by atoms with E-state index in [0.29, 0.717) is 18.4 Å². The molecule has 9 nitrogen and oxygen atoms in total. The van der Waals surface area contributed by atoms with Crippen LogP contribution in [0.5, 0.6) is 0 Å². The number of amides is 1. The second-order valence-electron chi connectivity index (χ2n) is 8.78. The molecule has 0 radical (unpaired) electrons. The summed E-state index contributed by atoms with van der Waals surface area (Å²) < 4.78 is 12.1. The average Bonchev–Trinajstić information content (AvgIpc) is 2.93. The summed E-state index contributed by atoms with van der Waals surface area (Å²) in [6.45, 7) is 9.56. The van der Waals surface area contributed by atoms with Crippen LogP contribution in [-0.4, -0.2) is 76.8 Å². The molecule has 1 aromatic heterocycles.